The second-order valence-electron chi connectivity index (χ2n) is 4.02. The molecule has 0 amide bonds. The second kappa shape index (κ2) is 4.91. The second-order valence-corrected chi connectivity index (χ2v) is 4.93. The molecule has 1 aliphatic rings. The van der Waals surface area contributed by atoms with E-state index in [9.17, 15) is 9.18 Å². The number of Topliss-reactive ketones (excluding diaryl/α,β-unsaturated/α-hetero) is 1. The van der Waals surface area contributed by atoms with Gasteiger partial charge in [-0.15, -0.1) is 0 Å². The van der Waals surface area contributed by atoms with E-state index in [0.717, 1.165) is 10.9 Å². The highest BCUT2D eigenvalue weighted by Crippen LogP contribution is 2.22. The highest BCUT2D eigenvalue weighted by atomic mass is 79.9. The van der Waals surface area contributed by atoms with Crippen molar-refractivity contribution < 1.29 is 9.18 Å². The lowest BCUT2D eigenvalue weighted by Crippen LogP contribution is -2.05. The van der Waals surface area contributed by atoms with Gasteiger partial charge in [-0.3, -0.25) is 4.79 Å². The minimum Gasteiger partial charge on any atom is -0.299 e. The van der Waals surface area contributed by atoms with Crippen molar-refractivity contribution in [2.24, 2.45) is 0 Å². The van der Waals surface area contributed by atoms with E-state index in [4.69, 9.17) is 0 Å². The summed E-state index contributed by atoms with van der Waals surface area (Å²) in [6.45, 7) is 0. The van der Waals surface area contributed by atoms with Gasteiger partial charge in [0.15, 0.2) is 0 Å². The van der Waals surface area contributed by atoms with Crippen LogP contribution in [0, 0.1) is 5.82 Å². The predicted octanol–water partition coefficient (Wildman–Crippen LogP) is 3.81. The maximum absolute atomic E-state index is 13.6. The summed E-state index contributed by atoms with van der Waals surface area (Å²) in [6.07, 6.45) is 4.44. The Morgan fingerprint density at radius 3 is 2.75 bits per heavy atom. The molecule has 0 heterocycles. The average molecular weight is 283 g/mol. The molecule has 0 aromatic heterocycles. The Balaban J connectivity index is 2.12. The fraction of sp³-hybridized carbons (Fsp3) is 0.308. The molecule has 84 valence electrons. The normalized spacial score (nSPS) is 16.1. The average Bonchev–Trinajstić information content (AvgIpc) is 2.25. The third-order valence-electron chi connectivity index (χ3n) is 2.78. The van der Waals surface area contributed by atoms with Crippen molar-refractivity contribution >= 4 is 21.7 Å². The van der Waals surface area contributed by atoms with E-state index < -0.39 is 0 Å². The number of hydrogen-bond acceptors (Lipinski definition) is 1. The summed E-state index contributed by atoms with van der Waals surface area (Å²) in [7, 11) is 0. The molecular weight excluding hydrogens is 271 g/mol. The van der Waals surface area contributed by atoms with E-state index in [0.29, 0.717) is 24.8 Å². The minimum absolute atomic E-state index is 0.188. The molecule has 0 spiro atoms. The topological polar surface area (TPSA) is 17.1 Å². The highest BCUT2D eigenvalue weighted by Gasteiger charge is 2.12. The lowest BCUT2D eigenvalue weighted by Gasteiger charge is -2.12. The van der Waals surface area contributed by atoms with Crippen LogP contribution in [-0.2, 0) is 11.2 Å². The van der Waals surface area contributed by atoms with Crippen molar-refractivity contribution in [2.75, 3.05) is 0 Å². The van der Waals surface area contributed by atoms with Gasteiger partial charge in [0.05, 0.1) is 0 Å². The Morgan fingerprint density at radius 1 is 1.31 bits per heavy atom. The highest BCUT2D eigenvalue weighted by molar-refractivity contribution is 9.10. The van der Waals surface area contributed by atoms with Crippen LogP contribution in [-0.4, -0.2) is 5.78 Å². The summed E-state index contributed by atoms with van der Waals surface area (Å²) in [5.74, 6) is 0.0900. The number of rotatable bonds is 2. The minimum atomic E-state index is -0.188. The van der Waals surface area contributed by atoms with Gasteiger partial charge in [0, 0.05) is 17.3 Å². The molecule has 0 radical (unpaired) electrons. The monoisotopic (exact) mass is 282 g/mol. The zero-order chi connectivity index (χ0) is 11.5. The van der Waals surface area contributed by atoms with Crippen molar-refractivity contribution in [1.29, 1.82) is 0 Å². The summed E-state index contributed by atoms with van der Waals surface area (Å²) >= 11 is 3.23. The molecule has 16 heavy (non-hydrogen) atoms. The van der Waals surface area contributed by atoms with Crippen LogP contribution in [0.25, 0.3) is 0 Å². The Morgan fingerprint density at radius 2 is 2.12 bits per heavy atom. The van der Waals surface area contributed by atoms with E-state index in [1.807, 2.05) is 12.1 Å². The largest absolute Gasteiger partial charge is 0.299 e. The van der Waals surface area contributed by atoms with Gasteiger partial charge in [-0.25, -0.2) is 4.39 Å². The number of ketones is 1. The van der Waals surface area contributed by atoms with Crippen LogP contribution in [0.3, 0.4) is 0 Å². The molecule has 0 fully saturated rings. The maximum Gasteiger partial charge on any atom is 0.136 e. The van der Waals surface area contributed by atoms with Gasteiger partial charge in [-0.05, 0) is 30.5 Å². The summed E-state index contributed by atoms with van der Waals surface area (Å²) in [6, 6.07) is 5.10. The van der Waals surface area contributed by atoms with E-state index in [1.165, 1.54) is 11.6 Å². The maximum atomic E-state index is 13.6. The predicted molar refractivity (Wildman–Crippen MR) is 64.7 cm³/mol. The number of hydrogen-bond donors (Lipinski definition) is 0. The fourth-order valence-corrected chi connectivity index (χ4v) is 2.17. The van der Waals surface area contributed by atoms with E-state index in [1.54, 1.807) is 6.07 Å². The van der Waals surface area contributed by atoms with E-state index in [2.05, 4.69) is 15.9 Å². The van der Waals surface area contributed by atoms with Gasteiger partial charge in [-0.1, -0.05) is 33.6 Å². The Bertz CT molecular complexity index is 451. The van der Waals surface area contributed by atoms with Gasteiger partial charge in [0.2, 0.25) is 0 Å². The van der Waals surface area contributed by atoms with Crippen molar-refractivity contribution in [2.45, 2.75) is 25.7 Å². The number of benzene rings is 1. The van der Waals surface area contributed by atoms with E-state index >= 15 is 0 Å². The van der Waals surface area contributed by atoms with Gasteiger partial charge >= 0.3 is 0 Å². The lowest BCUT2D eigenvalue weighted by molar-refractivity contribution is -0.118. The van der Waals surface area contributed by atoms with Gasteiger partial charge < -0.3 is 0 Å². The number of carbonyl (C=O) groups excluding carboxylic acids is 1. The smallest absolute Gasteiger partial charge is 0.136 e. The zero-order valence-electron chi connectivity index (χ0n) is 8.80. The van der Waals surface area contributed by atoms with Crippen molar-refractivity contribution in [1.82, 2.24) is 0 Å². The summed E-state index contributed by atoms with van der Waals surface area (Å²) in [5, 5.41) is 0. The number of carbonyl (C=O) groups is 1. The Kier molecular flexibility index (Phi) is 3.54. The van der Waals surface area contributed by atoms with Crippen molar-refractivity contribution in [3.05, 3.63) is 45.7 Å². The first-order valence-electron chi connectivity index (χ1n) is 5.28. The van der Waals surface area contributed by atoms with Crippen LogP contribution >= 0.6 is 15.9 Å². The van der Waals surface area contributed by atoms with Crippen molar-refractivity contribution in [3.8, 4) is 0 Å². The molecule has 1 aliphatic carbocycles. The molecule has 0 saturated carbocycles. The third kappa shape index (κ3) is 2.79. The number of halogens is 2. The lowest BCUT2D eigenvalue weighted by atomic mass is 9.93. The number of allylic oxidation sites excluding steroid dienone is 2. The molecule has 0 atom stereocenters. The first-order chi connectivity index (χ1) is 7.65. The summed E-state index contributed by atoms with van der Waals surface area (Å²) in [4.78, 5) is 11.0. The van der Waals surface area contributed by atoms with Crippen LogP contribution in [0.5, 0.6) is 0 Å². The quantitative estimate of drug-likeness (QED) is 0.754. The molecular formula is C13H12BrFO. The Labute approximate surface area is 102 Å². The molecule has 3 heteroatoms. The Hall–Kier alpha value is -0.960. The van der Waals surface area contributed by atoms with Crippen LogP contribution in [0.4, 0.5) is 4.39 Å². The van der Waals surface area contributed by atoms with Gasteiger partial charge in [0.1, 0.15) is 11.6 Å². The van der Waals surface area contributed by atoms with E-state index in [-0.39, 0.29) is 11.6 Å². The summed E-state index contributed by atoms with van der Waals surface area (Å²) in [5.41, 5.74) is 1.87. The zero-order valence-corrected chi connectivity index (χ0v) is 10.4. The first kappa shape index (κ1) is 11.5. The molecule has 1 aromatic carbocycles. The molecule has 0 saturated heterocycles. The molecule has 0 N–H and O–H groups in total. The molecule has 0 bridgehead atoms. The van der Waals surface area contributed by atoms with Crippen molar-refractivity contribution in [3.63, 3.8) is 0 Å². The third-order valence-corrected chi connectivity index (χ3v) is 3.27. The molecule has 1 nitrogen and oxygen atoms in total. The fourth-order valence-electron chi connectivity index (χ4n) is 1.83. The molecule has 1 aromatic rings. The summed E-state index contributed by atoms with van der Waals surface area (Å²) < 4.78 is 14.3. The molecule has 2 rings (SSSR count). The van der Waals surface area contributed by atoms with Crippen LogP contribution in [0.15, 0.2) is 34.3 Å². The first-order valence-corrected chi connectivity index (χ1v) is 6.08. The standard InChI is InChI=1S/C13H12BrFO/c14-11-4-3-10(13(15)8-11)7-9-1-5-12(16)6-2-9/h1,3-4,8H,2,5-7H2. The van der Waals surface area contributed by atoms with Gasteiger partial charge in [-0.2, -0.15) is 0 Å². The van der Waals surface area contributed by atoms with Crippen LogP contribution in [0.2, 0.25) is 0 Å². The molecule has 0 unspecified atom stereocenters. The van der Waals surface area contributed by atoms with Gasteiger partial charge in [0.25, 0.3) is 0 Å². The molecule has 0 aliphatic heterocycles. The van der Waals surface area contributed by atoms with Crippen LogP contribution in [0.1, 0.15) is 24.8 Å². The van der Waals surface area contributed by atoms with Crippen LogP contribution < -0.4 is 0 Å². The SMILES string of the molecule is O=C1CC=C(Cc2ccc(Br)cc2F)CC1.